The van der Waals surface area contributed by atoms with Gasteiger partial charge in [0.05, 0.1) is 0 Å². The van der Waals surface area contributed by atoms with Crippen LogP contribution in [-0.4, -0.2) is 30.3 Å². The van der Waals surface area contributed by atoms with Gasteiger partial charge in [-0.15, -0.1) is 0 Å². The van der Waals surface area contributed by atoms with E-state index in [2.05, 4.69) is 10.6 Å². The maximum atomic E-state index is 12.6. The van der Waals surface area contributed by atoms with E-state index in [9.17, 15) is 14.4 Å². The zero-order chi connectivity index (χ0) is 17.1. The van der Waals surface area contributed by atoms with Gasteiger partial charge in [0, 0.05) is 23.8 Å². The maximum absolute atomic E-state index is 12.6. The molecule has 23 heavy (non-hydrogen) atoms. The van der Waals surface area contributed by atoms with Crippen molar-refractivity contribution in [1.29, 1.82) is 0 Å². The number of hydrogen-bond donors (Lipinski definition) is 2. The first-order chi connectivity index (χ1) is 10.8. The Kier molecular flexibility index (Phi) is 5.03. The monoisotopic (exact) mass is 317 g/mol. The fourth-order valence-corrected chi connectivity index (χ4v) is 2.59. The topological polar surface area (TPSA) is 78.5 Å². The van der Waals surface area contributed by atoms with Crippen LogP contribution in [0.25, 0.3) is 0 Å². The van der Waals surface area contributed by atoms with Crippen LogP contribution in [0.15, 0.2) is 24.3 Å². The zero-order valence-electron chi connectivity index (χ0n) is 13.9. The van der Waals surface area contributed by atoms with Crippen molar-refractivity contribution in [1.82, 2.24) is 10.6 Å². The van der Waals surface area contributed by atoms with Crippen LogP contribution in [0.2, 0.25) is 0 Å². The van der Waals surface area contributed by atoms with E-state index >= 15 is 0 Å². The van der Waals surface area contributed by atoms with Gasteiger partial charge in [0.2, 0.25) is 0 Å². The van der Waals surface area contributed by atoms with Gasteiger partial charge in [-0.05, 0) is 25.8 Å². The van der Waals surface area contributed by atoms with Crippen LogP contribution in [-0.2, 0) is 14.4 Å². The van der Waals surface area contributed by atoms with Gasteiger partial charge in [0.25, 0.3) is 5.91 Å². The van der Waals surface area contributed by atoms with E-state index in [1.807, 2.05) is 45.9 Å². The molecule has 0 aromatic heterocycles. The van der Waals surface area contributed by atoms with E-state index in [4.69, 9.17) is 0 Å². The first-order valence-corrected chi connectivity index (χ1v) is 7.83. The molecule has 0 unspecified atom stereocenters. The van der Waals surface area contributed by atoms with Gasteiger partial charge in [-0.2, -0.15) is 0 Å². The molecule has 1 atom stereocenters. The van der Waals surface area contributed by atoms with Crippen molar-refractivity contribution in [3.63, 3.8) is 0 Å². The molecular weight excluding hydrogens is 294 g/mol. The van der Waals surface area contributed by atoms with Gasteiger partial charge in [-0.1, -0.05) is 32.0 Å². The second-order valence-corrected chi connectivity index (χ2v) is 6.37. The first kappa shape index (κ1) is 17.0. The lowest BCUT2D eigenvalue weighted by atomic mass is 10.1. The number of nitrogens with one attached hydrogen (secondary N) is 2. The van der Waals surface area contributed by atoms with Crippen molar-refractivity contribution < 1.29 is 14.4 Å². The second-order valence-electron chi connectivity index (χ2n) is 6.37. The van der Waals surface area contributed by atoms with Gasteiger partial charge in [0.15, 0.2) is 0 Å². The molecule has 1 aliphatic rings. The lowest BCUT2D eigenvalue weighted by Crippen LogP contribution is -2.46. The van der Waals surface area contributed by atoms with Crippen LogP contribution in [0.1, 0.15) is 39.3 Å². The van der Waals surface area contributed by atoms with Gasteiger partial charge in [-0.25, -0.2) is 0 Å². The fraction of sp³-hybridized carbons (Fsp3) is 0.471. The standard InChI is InChI=1S/C17H23N3O3/c1-10(2)9-18-15(21)16(22)19-14-12-7-5-6-8-13(12)20(11(3)4)17(14)23/h5-8,10-11,14H,9H2,1-4H3,(H,18,21)(H,19,22)/t14-/m1/s1. The molecule has 6 nitrogen and oxygen atoms in total. The summed E-state index contributed by atoms with van der Waals surface area (Å²) in [5, 5.41) is 5.10. The lowest BCUT2D eigenvalue weighted by molar-refractivity contribution is -0.140. The average molecular weight is 317 g/mol. The molecule has 0 saturated carbocycles. The molecule has 0 bridgehead atoms. The highest BCUT2D eigenvalue weighted by atomic mass is 16.2. The van der Waals surface area contributed by atoms with Crippen LogP contribution in [0.3, 0.4) is 0 Å². The number of para-hydroxylation sites is 1. The molecule has 1 aliphatic heterocycles. The van der Waals surface area contributed by atoms with Gasteiger partial charge in [0.1, 0.15) is 6.04 Å². The van der Waals surface area contributed by atoms with Crippen LogP contribution in [0, 0.1) is 5.92 Å². The Hall–Kier alpha value is -2.37. The van der Waals surface area contributed by atoms with Gasteiger partial charge >= 0.3 is 11.8 Å². The zero-order valence-corrected chi connectivity index (χ0v) is 13.9. The molecule has 6 heteroatoms. The highest BCUT2D eigenvalue weighted by Gasteiger charge is 2.39. The van der Waals surface area contributed by atoms with Crippen LogP contribution >= 0.6 is 0 Å². The van der Waals surface area contributed by atoms with Crippen molar-refractivity contribution in [3.05, 3.63) is 29.8 Å². The summed E-state index contributed by atoms with van der Waals surface area (Å²) >= 11 is 0. The molecule has 0 aliphatic carbocycles. The number of fused-ring (bicyclic) bond motifs is 1. The summed E-state index contributed by atoms with van der Waals surface area (Å²) < 4.78 is 0. The summed E-state index contributed by atoms with van der Waals surface area (Å²) in [7, 11) is 0. The van der Waals surface area contributed by atoms with E-state index in [0.717, 1.165) is 11.3 Å². The van der Waals surface area contributed by atoms with Gasteiger partial charge < -0.3 is 15.5 Å². The minimum absolute atomic E-state index is 0.0275. The molecular formula is C17H23N3O3. The molecule has 1 heterocycles. The number of carbonyl (C=O) groups excluding carboxylic acids is 3. The Morgan fingerprint density at radius 1 is 1.13 bits per heavy atom. The first-order valence-electron chi connectivity index (χ1n) is 7.83. The van der Waals surface area contributed by atoms with E-state index in [0.29, 0.717) is 6.54 Å². The van der Waals surface area contributed by atoms with Crippen LogP contribution in [0.5, 0.6) is 0 Å². The summed E-state index contributed by atoms with van der Waals surface area (Å²) in [5.41, 5.74) is 1.50. The molecule has 0 radical (unpaired) electrons. The Morgan fingerprint density at radius 2 is 1.78 bits per heavy atom. The van der Waals surface area contributed by atoms with Crippen molar-refractivity contribution in [2.24, 2.45) is 5.92 Å². The molecule has 124 valence electrons. The molecule has 1 aromatic carbocycles. The quantitative estimate of drug-likeness (QED) is 0.823. The summed E-state index contributed by atoms with van der Waals surface area (Å²) in [5.74, 6) is -1.47. The Bertz CT molecular complexity index is 625. The lowest BCUT2D eigenvalue weighted by Gasteiger charge is -2.22. The summed E-state index contributed by atoms with van der Waals surface area (Å²) in [4.78, 5) is 38.1. The summed E-state index contributed by atoms with van der Waals surface area (Å²) in [6.07, 6.45) is 0. The smallest absolute Gasteiger partial charge is 0.310 e. The molecule has 2 N–H and O–H groups in total. The van der Waals surface area contributed by atoms with Crippen LogP contribution < -0.4 is 15.5 Å². The number of anilines is 1. The van der Waals surface area contributed by atoms with E-state index in [-0.39, 0.29) is 17.9 Å². The highest BCUT2D eigenvalue weighted by molar-refractivity contribution is 6.35. The number of carbonyl (C=O) groups is 3. The summed E-state index contributed by atoms with van der Waals surface area (Å²) in [6, 6.07) is 6.46. The number of rotatable bonds is 4. The van der Waals surface area contributed by atoms with Crippen molar-refractivity contribution in [2.75, 3.05) is 11.4 Å². The van der Waals surface area contributed by atoms with E-state index < -0.39 is 17.9 Å². The average Bonchev–Trinajstić information content (AvgIpc) is 2.77. The normalized spacial score (nSPS) is 16.7. The Balaban J connectivity index is 2.15. The molecule has 1 aromatic rings. The highest BCUT2D eigenvalue weighted by Crippen LogP contribution is 2.36. The number of nitrogens with zero attached hydrogens (tertiary/aromatic N) is 1. The predicted octanol–water partition coefficient (Wildman–Crippen LogP) is 1.37. The number of amides is 3. The van der Waals surface area contributed by atoms with Crippen molar-refractivity contribution in [2.45, 2.75) is 39.8 Å². The van der Waals surface area contributed by atoms with Crippen LogP contribution in [0.4, 0.5) is 5.69 Å². The van der Waals surface area contributed by atoms with Gasteiger partial charge in [-0.3, -0.25) is 14.4 Å². The van der Waals surface area contributed by atoms with E-state index in [1.54, 1.807) is 11.0 Å². The van der Waals surface area contributed by atoms with Crippen molar-refractivity contribution in [3.8, 4) is 0 Å². The SMILES string of the molecule is CC(C)CNC(=O)C(=O)N[C@H]1C(=O)N(C(C)C)c2ccccc21. The maximum Gasteiger partial charge on any atom is 0.310 e. The molecule has 0 saturated heterocycles. The predicted molar refractivity (Wildman–Crippen MR) is 87.8 cm³/mol. The molecule has 3 amide bonds. The molecule has 2 rings (SSSR count). The summed E-state index contributed by atoms with van der Waals surface area (Å²) in [6.45, 7) is 8.12. The largest absolute Gasteiger partial charge is 0.348 e. The van der Waals surface area contributed by atoms with Crippen molar-refractivity contribution >= 4 is 23.4 Å². The number of hydrogen-bond acceptors (Lipinski definition) is 3. The third-order valence-electron chi connectivity index (χ3n) is 3.66. The molecule has 0 fully saturated rings. The molecule has 0 spiro atoms. The minimum Gasteiger partial charge on any atom is -0.348 e. The fourth-order valence-electron chi connectivity index (χ4n) is 2.59. The third kappa shape index (κ3) is 3.52. The Labute approximate surface area is 136 Å². The third-order valence-corrected chi connectivity index (χ3v) is 3.66. The van der Waals surface area contributed by atoms with E-state index in [1.165, 1.54) is 0 Å². The Morgan fingerprint density at radius 3 is 2.39 bits per heavy atom. The number of benzene rings is 1. The minimum atomic E-state index is -0.814. The second kappa shape index (κ2) is 6.81.